The molecule has 5 nitrogen and oxygen atoms in total. The van der Waals surface area contributed by atoms with Gasteiger partial charge < -0.3 is 5.32 Å². The number of rotatable bonds is 5. The Labute approximate surface area is 141 Å². The van der Waals surface area contributed by atoms with Crippen LogP contribution in [-0.2, 0) is 4.79 Å². The molecular formula is C19H21N3O2. The molecule has 0 aromatic heterocycles. The molecule has 0 aliphatic rings. The summed E-state index contributed by atoms with van der Waals surface area (Å²) in [4.78, 5) is 23.2. The van der Waals surface area contributed by atoms with E-state index in [1.54, 1.807) is 24.3 Å². The van der Waals surface area contributed by atoms with Crippen LogP contribution in [-0.4, -0.2) is 17.5 Å². The zero-order valence-corrected chi connectivity index (χ0v) is 14.0. The fourth-order valence-electron chi connectivity index (χ4n) is 2.22. The van der Waals surface area contributed by atoms with Crippen molar-refractivity contribution in [2.24, 2.45) is 11.0 Å². The van der Waals surface area contributed by atoms with Crippen molar-refractivity contribution in [3.63, 3.8) is 0 Å². The molecule has 2 rings (SSSR count). The minimum atomic E-state index is -0.293. The predicted molar refractivity (Wildman–Crippen MR) is 96.0 cm³/mol. The first-order valence-corrected chi connectivity index (χ1v) is 7.78. The first-order valence-electron chi connectivity index (χ1n) is 7.78. The molecular weight excluding hydrogens is 302 g/mol. The Kier molecular flexibility index (Phi) is 5.84. The summed E-state index contributed by atoms with van der Waals surface area (Å²) < 4.78 is 0. The Hall–Kier alpha value is -2.95. The van der Waals surface area contributed by atoms with Crippen LogP contribution in [0.4, 0.5) is 5.69 Å². The maximum absolute atomic E-state index is 12.2. The van der Waals surface area contributed by atoms with Crippen LogP contribution >= 0.6 is 0 Å². The molecule has 24 heavy (non-hydrogen) atoms. The molecule has 0 atom stereocenters. The zero-order valence-electron chi connectivity index (χ0n) is 14.0. The number of amides is 2. The summed E-state index contributed by atoms with van der Waals surface area (Å²) >= 11 is 0. The molecule has 2 aromatic carbocycles. The lowest BCUT2D eigenvalue weighted by atomic mass is 10.0. The fraction of sp³-hybridized carbons (Fsp3) is 0.211. The first kappa shape index (κ1) is 17.4. The van der Waals surface area contributed by atoms with E-state index in [0.29, 0.717) is 11.3 Å². The molecule has 0 saturated carbocycles. The van der Waals surface area contributed by atoms with Crippen LogP contribution in [0.3, 0.4) is 0 Å². The number of hydrogen-bond donors (Lipinski definition) is 2. The number of hydrazone groups is 1. The van der Waals surface area contributed by atoms with E-state index in [4.69, 9.17) is 0 Å². The molecule has 0 saturated heterocycles. The molecule has 2 N–H and O–H groups in total. The van der Waals surface area contributed by atoms with E-state index in [9.17, 15) is 9.59 Å². The molecule has 0 heterocycles. The molecule has 0 fully saturated rings. The average molecular weight is 323 g/mol. The van der Waals surface area contributed by atoms with Gasteiger partial charge in [0.2, 0.25) is 5.91 Å². The van der Waals surface area contributed by atoms with Gasteiger partial charge in [0, 0.05) is 18.2 Å². The van der Waals surface area contributed by atoms with Crippen molar-refractivity contribution < 1.29 is 9.59 Å². The third-order valence-corrected chi connectivity index (χ3v) is 3.36. The normalized spacial score (nSPS) is 11.2. The second-order valence-electron chi connectivity index (χ2n) is 5.72. The number of benzene rings is 2. The van der Waals surface area contributed by atoms with Crippen LogP contribution in [0.15, 0.2) is 59.7 Å². The van der Waals surface area contributed by atoms with Gasteiger partial charge in [0.15, 0.2) is 0 Å². The van der Waals surface area contributed by atoms with Gasteiger partial charge in [0.05, 0.1) is 5.71 Å². The van der Waals surface area contributed by atoms with Crippen molar-refractivity contribution in [1.29, 1.82) is 0 Å². The van der Waals surface area contributed by atoms with Gasteiger partial charge in [-0.3, -0.25) is 9.59 Å². The smallest absolute Gasteiger partial charge is 0.271 e. The molecule has 2 amide bonds. The minimum Gasteiger partial charge on any atom is -0.326 e. The van der Waals surface area contributed by atoms with Gasteiger partial charge in [-0.1, -0.05) is 44.2 Å². The standard InChI is InChI=1S/C19H21N3O2/c1-13(2)18(15-7-5-4-6-8-15)21-22-19(24)16-9-11-17(12-10-16)20-14(3)23/h4-13H,1-3H3,(H,20,23)(H,22,24)/b21-18+. The number of anilines is 1. The van der Waals surface area contributed by atoms with Crippen LogP contribution in [0.25, 0.3) is 0 Å². The van der Waals surface area contributed by atoms with Crippen molar-refractivity contribution in [2.45, 2.75) is 20.8 Å². The van der Waals surface area contributed by atoms with Crippen LogP contribution in [0.1, 0.15) is 36.7 Å². The molecule has 0 unspecified atom stereocenters. The highest BCUT2D eigenvalue weighted by Crippen LogP contribution is 2.11. The monoisotopic (exact) mass is 323 g/mol. The summed E-state index contributed by atoms with van der Waals surface area (Å²) in [6, 6.07) is 16.4. The third kappa shape index (κ3) is 4.78. The molecule has 0 bridgehead atoms. The van der Waals surface area contributed by atoms with Crippen LogP contribution < -0.4 is 10.7 Å². The van der Waals surface area contributed by atoms with Gasteiger partial charge in [0.25, 0.3) is 5.91 Å². The topological polar surface area (TPSA) is 70.6 Å². The summed E-state index contributed by atoms with van der Waals surface area (Å²) in [7, 11) is 0. The number of nitrogens with one attached hydrogen (secondary N) is 2. The lowest BCUT2D eigenvalue weighted by Crippen LogP contribution is -2.22. The van der Waals surface area contributed by atoms with Gasteiger partial charge in [-0.2, -0.15) is 5.10 Å². The largest absolute Gasteiger partial charge is 0.326 e. The van der Waals surface area contributed by atoms with E-state index >= 15 is 0 Å². The summed E-state index contributed by atoms with van der Waals surface area (Å²) in [5.74, 6) is -0.269. The summed E-state index contributed by atoms with van der Waals surface area (Å²) in [5, 5.41) is 6.95. The summed E-state index contributed by atoms with van der Waals surface area (Å²) in [6.45, 7) is 5.49. The Morgan fingerprint density at radius 1 is 0.917 bits per heavy atom. The van der Waals surface area contributed by atoms with Crippen molar-refractivity contribution >= 4 is 23.2 Å². The van der Waals surface area contributed by atoms with Crippen molar-refractivity contribution in [2.75, 3.05) is 5.32 Å². The van der Waals surface area contributed by atoms with Gasteiger partial charge in [0.1, 0.15) is 0 Å². The number of carbonyl (C=O) groups is 2. The molecule has 0 aliphatic carbocycles. The van der Waals surface area contributed by atoms with Crippen LogP contribution in [0, 0.1) is 5.92 Å². The van der Waals surface area contributed by atoms with Crippen LogP contribution in [0.2, 0.25) is 0 Å². The number of nitrogens with zero attached hydrogens (tertiary/aromatic N) is 1. The molecule has 0 spiro atoms. The fourth-order valence-corrected chi connectivity index (χ4v) is 2.22. The SMILES string of the molecule is CC(=O)Nc1ccc(C(=O)N/N=C(/c2ccccc2)C(C)C)cc1. The molecule has 0 radical (unpaired) electrons. The van der Waals surface area contributed by atoms with Gasteiger partial charge >= 0.3 is 0 Å². The van der Waals surface area contributed by atoms with Crippen molar-refractivity contribution in [3.8, 4) is 0 Å². The summed E-state index contributed by atoms with van der Waals surface area (Å²) in [6.07, 6.45) is 0. The number of hydrogen-bond acceptors (Lipinski definition) is 3. The molecule has 0 aliphatic heterocycles. The predicted octanol–water partition coefficient (Wildman–Crippen LogP) is 3.44. The van der Waals surface area contributed by atoms with Gasteiger partial charge in [-0.25, -0.2) is 5.43 Å². The van der Waals surface area contributed by atoms with E-state index in [1.165, 1.54) is 6.92 Å². The number of carbonyl (C=O) groups excluding carboxylic acids is 2. The average Bonchev–Trinajstić information content (AvgIpc) is 2.55. The molecule has 124 valence electrons. The lowest BCUT2D eigenvalue weighted by molar-refractivity contribution is -0.114. The highest BCUT2D eigenvalue weighted by atomic mass is 16.2. The van der Waals surface area contributed by atoms with Crippen LogP contribution in [0.5, 0.6) is 0 Å². The Morgan fingerprint density at radius 2 is 1.54 bits per heavy atom. The highest BCUT2D eigenvalue weighted by molar-refractivity contribution is 6.03. The Balaban J connectivity index is 2.11. The van der Waals surface area contributed by atoms with Gasteiger partial charge in [-0.05, 0) is 35.7 Å². The highest BCUT2D eigenvalue weighted by Gasteiger charge is 2.10. The molecule has 2 aromatic rings. The zero-order chi connectivity index (χ0) is 17.5. The Morgan fingerprint density at radius 3 is 2.08 bits per heavy atom. The maximum atomic E-state index is 12.2. The van der Waals surface area contributed by atoms with E-state index in [2.05, 4.69) is 15.8 Å². The second kappa shape index (κ2) is 8.06. The summed E-state index contributed by atoms with van der Waals surface area (Å²) in [5.41, 5.74) is 5.52. The van der Waals surface area contributed by atoms with E-state index in [1.807, 2.05) is 44.2 Å². The first-order chi connectivity index (χ1) is 11.5. The van der Waals surface area contributed by atoms with E-state index in [0.717, 1.165) is 11.3 Å². The quantitative estimate of drug-likeness (QED) is 0.653. The van der Waals surface area contributed by atoms with Crippen molar-refractivity contribution in [1.82, 2.24) is 5.43 Å². The van der Waals surface area contributed by atoms with Crippen molar-refractivity contribution in [3.05, 3.63) is 65.7 Å². The molecule has 5 heteroatoms. The van der Waals surface area contributed by atoms with E-state index < -0.39 is 0 Å². The minimum absolute atomic E-state index is 0.152. The van der Waals surface area contributed by atoms with Gasteiger partial charge in [-0.15, -0.1) is 0 Å². The third-order valence-electron chi connectivity index (χ3n) is 3.36. The maximum Gasteiger partial charge on any atom is 0.271 e. The second-order valence-corrected chi connectivity index (χ2v) is 5.72. The van der Waals surface area contributed by atoms with E-state index in [-0.39, 0.29) is 17.7 Å². The lowest BCUT2D eigenvalue weighted by Gasteiger charge is -2.11. The Bertz CT molecular complexity index is 735.